The summed E-state index contributed by atoms with van der Waals surface area (Å²) in [5.74, 6) is 1.12. The standard InChI is InChI=1S/C11H18OSi/c1-5-7-11(13(2,3)4)10-8-6-9-12-10/h5-6,8-9,11H,1,7H2,2-4H3. The highest BCUT2D eigenvalue weighted by Gasteiger charge is 2.28. The first-order valence-corrected chi connectivity index (χ1v) is 8.27. The summed E-state index contributed by atoms with van der Waals surface area (Å²) in [6.07, 6.45) is 4.78. The first kappa shape index (κ1) is 10.3. The van der Waals surface area contributed by atoms with Gasteiger partial charge >= 0.3 is 0 Å². The van der Waals surface area contributed by atoms with Crippen molar-refractivity contribution in [1.82, 2.24) is 0 Å². The molecule has 0 fully saturated rings. The van der Waals surface area contributed by atoms with E-state index in [-0.39, 0.29) is 0 Å². The molecule has 0 saturated carbocycles. The zero-order valence-electron chi connectivity index (χ0n) is 8.71. The molecule has 0 N–H and O–H groups in total. The third-order valence-corrected chi connectivity index (χ3v) is 4.95. The van der Waals surface area contributed by atoms with Crippen molar-refractivity contribution in [2.75, 3.05) is 0 Å². The summed E-state index contributed by atoms with van der Waals surface area (Å²) in [5.41, 5.74) is 0.569. The van der Waals surface area contributed by atoms with Gasteiger partial charge in [0, 0.05) is 5.54 Å². The summed E-state index contributed by atoms with van der Waals surface area (Å²) in [6, 6.07) is 4.04. The van der Waals surface area contributed by atoms with Crippen LogP contribution in [0.2, 0.25) is 19.6 Å². The van der Waals surface area contributed by atoms with Gasteiger partial charge in [0.1, 0.15) is 5.76 Å². The number of furan rings is 1. The topological polar surface area (TPSA) is 13.1 Å². The monoisotopic (exact) mass is 194 g/mol. The van der Waals surface area contributed by atoms with Crippen LogP contribution in [0.1, 0.15) is 17.7 Å². The third-order valence-electron chi connectivity index (χ3n) is 2.33. The van der Waals surface area contributed by atoms with Gasteiger partial charge in [0.25, 0.3) is 0 Å². The Balaban J connectivity index is 2.86. The molecule has 1 nitrogen and oxygen atoms in total. The fraction of sp³-hybridized carbons (Fsp3) is 0.455. The molecular formula is C11H18OSi. The summed E-state index contributed by atoms with van der Waals surface area (Å²) < 4.78 is 5.46. The first-order chi connectivity index (χ1) is 6.05. The van der Waals surface area contributed by atoms with E-state index in [1.54, 1.807) is 6.26 Å². The van der Waals surface area contributed by atoms with Crippen molar-refractivity contribution in [1.29, 1.82) is 0 Å². The minimum absolute atomic E-state index is 0.569. The Morgan fingerprint density at radius 3 is 2.62 bits per heavy atom. The fourth-order valence-corrected chi connectivity index (χ4v) is 3.44. The molecule has 0 bridgehead atoms. The van der Waals surface area contributed by atoms with Crippen molar-refractivity contribution < 1.29 is 4.42 Å². The summed E-state index contributed by atoms with van der Waals surface area (Å²) >= 11 is 0. The number of allylic oxidation sites excluding steroid dienone is 1. The Morgan fingerprint density at radius 2 is 2.23 bits per heavy atom. The molecule has 72 valence electrons. The van der Waals surface area contributed by atoms with Crippen molar-refractivity contribution >= 4 is 8.07 Å². The lowest BCUT2D eigenvalue weighted by Crippen LogP contribution is -2.30. The maximum Gasteiger partial charge on any atom is 0.104 e. The number of hydrogen-bond donors (Lipinski definition) is 0. The minimum Gasteiger partial charge on any atom is -0.469 e. The average Bonchev–Trinajstić information content (AvgIpc) is 2.49. The van der Waals surface area contributed by atoms with Crippen LogP contribution in [0.15, 0.2) is 35.5 Å². The van der Waals surface area contributed by atoms with E-state index < -0.39 is 8.07 Å². The first-order valence-electron chi connectivity index (χ1n) is 4.70. The van der Waals surface area contributed by atoms with Gasteiger partial charge in [-0.1, -0.05) is 25.7 Å². The molecule has 0 amide bonds. The molecule has 0 aliphatic heterocycles. The maximum absolute atomic E-state index is 5.46. The molecule has 1 unspecified atom stereocenters. The van der Waals surface area contributed by atoms with Crippen molar-refractivity contribution in [3.8, 4) is 0 Å². The molecule has 1 rings (SSSR count). The zero-order valence-corrected chi connectivity index (χ0v) is 9.71. The van der Waals surface area contributed by atoms with E-state index in [0.717, 1.165) is 12.2 Å². The van der Waals surface area contributed by atoms with E-state index in [0.29, 0.717) is 5.54 Å². The Bertz CT molecular complexity index is 256. The van der Waals surface area contributed by atoms with Gasteiger partial charge in [0.05, 0.1) is 14.3 Å². The van der Waals surface area contributed by atoms with Crippen LogP contribution in [-0.4, -0.2) is 8.07 Å². The molecule has 0 radical (unpaired) electrons. The normalized spacial score (nSPS) is 14.1. The van der Waals surface area contributed by atoms with Crippen molar-refractivity contribution in [2.24, 2.45) is 0 Å². The molecule has 0 aromatic carbocycles. The second kappa shape index (κ2) is 3.96. The van der Waals surface area contributed by atoms with Crippen molar-refractivity contribution in [3.63, 3.8) is 0 Å². The molecule has 1 atom stereocenters. The maximum atomic E-state index is 5.46. The van der Waals surface area contributed by atoms with Crippen LogP contribution in [0, 0.1) is 0 Å². The molecule has 1 heterocycles. The summed E-state index contributed by atoms with van der Waals surface area (Å²) in [5, 5.41) is 0. The highest BCUT2D eigenvalue weighted by Crippen LogP contribution is 2.30. The van der Waals surface area contributed by atoms with Gasteiger partial charge in [-0.05, 0) is 18.6 Å². The van der Waals surface area contributed by atoms with Crippen molar-refractivity contribution in [3.05, 3.63) is 36.8 Å². The quantitative estimate of drug-likeness (QED) is 0.524. The average molecular weight is 194 g/mol. The molecule has 1 aromatic rings. The zero-order chi connectivity index (χ0) is 9.90. The number of rotatable bonds is 4. The van der Waals surface area contributed by atoms with E-state index in [1.165, 1.54) is 0 Å². The smallest absolute Gasteiger partial charge is 0.104 e. The Hall–Kier alpha value is -0.763. The van der Waals surface area contributed by atoms with E-state index in [2.05, 4.69) is 32.3 Å². The van der Waals surface area contributed by atoms with Crippen LogP contribution >= 0.6 is 0 Å². The lowest BCUT2D eigenvalue weighted by atomic mass is 10.2. The van der Waals surface area contributed by atoms with E-state index in [9.17, 15) is 0 Å². The van der Waals surface area contributed by atoms with Crippen LogP contribution in [0.3, 0.4) is 0 Å². The molecule has 2 heteroatoms. The lowest BCUT2D eigenvalue weighted by Gasteiger charge is -2.25. The van der Waals surface area contributed by atoms with Crippen LogP contribution in [-0.2, 0) is 0 Å². The SMILES string of the molecule is C=CCC(c1ccco1)[Si](C)(C)C. The summed E-state index contributed by atoms with van der Waals surface area (Å²) in [7, 11) is -1.18. The molecule has 0 spiro atoms. The van der Waals surface area contributed by atoms with Gasteiger partial charge < -0.3 is 4.42 Å². The van der Waals surface area contributed by atoms with Crippen LogP contribution in [0.5, 0.6) is 0 Å². The van der Waals surface area contributed by atoms with E-state index >= 15 is 0 Å². The van der Waals surface area contributed by atoms with E-state index in [1.807, 2.05) is 12.1 Å². The van der Waals surface area contributed by atoms with Gasteiger partial charge in [0.2, 0.25) is 0 Å². The van der Waals surface area contributed by atoms with Crippen LogP contribution < -0.4 is 0 Å². The largest absolute Gasteiger partial charge is 0.469 e. The molecule has 1 aromatic heterocycles. The highest BCUT2D eigenvalue weighted by atomic mass is 28.3. The fourth-order valence-electron chi connectivity index (χ4n) is 1.55. The Morgan fingerprint density at radius 1 is 1.54 bits per heavy atom. The van der Waals surface area contributed by atoms with Gasteiger partial charge in [-0.25, -0.2) is 0 Å². The van der Waals surface area contributed by atoms with E-state index in [4.69, 9.17) is 4.42 Å². The highest BCUT2D eigenvalue weighted by molar-refractivity contribution is 6.77. The molecule has 13 heavy (non-hydrogen) atoms. The van der Waals surface area contributed by atoms with Gasteiger partial charge in [-0.3, -0.25) is 0 Å². The lowest BCUT2D eigenvalue weighted by molar-refractivity contribution is 0.499. The number of hydrogen-bond acceptors (Lipinski definition) is 1. The molecular weight excluding hydrogens is 176 g/mol. The predicted molar refractivity (Wildman–Crippen MR) is 59.6 cm³/mol. The van der Waals surface area contributed by atoms with Gasteiger partial charge in [0.15, 0.2) is 0 Å². The Kier molecular flexibility index (Phi) is 3.15. The predicted octanol–water partition coefficient (Wildman–Crippen LogP) is 3.82. The van der Waals surface area contributed by atoms with Crippen molar-refractivity contribution in [2.45, 2.75) is 31.6 Å². The molecule has 0 aliphatic carbocycles. The second-order valence-electron chi connectivity index (χ2n) is 4.46. The minimum atomic E-state index is -1.18. The molecule has 0 aliphatic rings. The Labute approximate surface area is 81.5 Å². The van der Waals surface area contributed by atoms with Crippen LogP contribution in [0.25, 0.3) is 0 Å². The third kappa shape index (κ3) is 2.59. The second-order valence-corrected chi connectivity index (χ2v) is 9.89. The van der Waals surface area contributed by atoms with Gasteiger partial charge in [-0.15, -0.1) is 6.58 Å². The summed E-state index contributed by atoms with van der Waals surface area (Å²) in [6.45, 7) is 10.9. The summed E-state index contributed by atoms with van der Waals surface area (Å²) in [4.78, 5) is 0. The van der Waals surface area contributed by atoms with Gasteiger partial charge in [-0.2, -0.15) is 0 Å². The van der Waals surface area contributed by atoms with Crippen LogP contribution in [0.4, 0.5) is 0 Å². The molecule has 0 saturated heterocycles.